The van der Waals surface area contributed by atoms with Crippen LogP contribution in [0.5, 0.6) is 0 Å². The summed E-state index contributed by atoms with van der Waals surface area (Å²) in [7, 11) is 0. The van der Waals surface area contributed by atoms with Gasteiger partial charge in [0, 0.05) is 0 Å². The highest BCUT2D eigenvalue weighted by Gasteiger charge is 2.54. The summed E-state index contributed by atoms with van der Waals surface area (Å²) in [4.78, 5) is 0. The lowest BCUT2D eigenvalue weighted by atomic mass is 9.96. The van der Waals surface area contributed by atoms with Crippen molar-refractivity contribution in [1.82, 2.24) is 0 Å². The molecule has 358 valence electrons. The summed E-state index contributed by atoms with van der Waals surface area (Å²) in [6.45, 7) is -5.48. The van der Waals surface area contributed by atoms with Crippen molar-refractivity contribution in [3.05, 3.63) is 0 Å². The molecule has 28 nitrogen and oxygen atoms in total. The zero-order chi connectivity index (χ0) is 45.0. The summed E-state index contributed by atoms with van der Waals surface area (Å²) < 4.78 is 55.4. The number of hydrogen-bond donors (Lipinski definition) is 18. The van der Waals surface area contributed by atoms with Crippen LogP contribution in [0.3, 0.4) is 0 Å². The summed E-state index contributed by atoms with van der Waals surface area (Å²) in [5.41, 5.74) is 0. The fraction of sp³-hybridized carbons (Fsp3) is 1.00. The number of rotatable bonds is 18. The Morgan fingerprint density at radius 1 is 0.443 bits per heavy atom. The van der Waals surface area contributed by atoms with Crippen LogP contribution in [0.2, 0.25) is 0 Å². The van der Waals surface area contributed by atoms with E-state index in [2.05, 4.69) is 0 Å². The van der Waals surface area contributed by atoms with Crippen LogP contribution in [0.1, 0.15) is 0 Å². The predicted octanol–water partition coefficient (Wildman–Crippen LogP) is -12.5. The minimum atomic E-state index is -2.21. The van der Waals surface area contributed by atoms with Crippen molar-refractivity contribution in [2.75, 3.05) is 46.2 Å². The molecule has 18 N–H and O–H groups in total. The Morgan fingerprint density at radius 2 is 0.918 bits per heavy atom. The van der Waals surface area contributed by atoms with Gasteiger partial charge in [0.15, 0.2) is 31.5 Å². The number of ether oxygens (including phenoxy) is 10. The molecule has 0 bridgehead atoms. The normalized spacial score (nSPS) is 48.1. The van der Waals surface area contributed by atoms with Gasteiger partial charge in [-0.05, 0) is 0 Å². The molecule has 0 aromatic carbocycles. The van der Waals surface area contributed by atoms with Crippen LogP contribution in [-0.2, 0) is 47.4 Å². The first-order valence-electron chi connectivity index (χ1n) is 19.3. The van der Waals surface area contributed by atoms with E-state index in [9.17, 15) is 91.9 Å². The Bertz CT molecular complexity index is 1310. The molecular formula is C33H58O28. The van der Waals surface area contributed by atoms with Gasteiger partial charge < -0.3 is 139 Å². The number of hydrogen-bond acceptors (Lipinski definition) is 28. The van der Waals surface area contributed by atoms with Crippen LogP contribution in [0, 0.1) is 0 Å². The molecule has 0 aromatic rings. The smallest absolute Gasteiger partial charge is 0.187 e. The van der Waals surface area contributed by atoms with Gasteiger partial charge in [0.05, 0.1) is 46.2 Å². The van der Waals surface area contributed by atoms with Crippen molar-refractivity contribution >= 4 is 0 Å². The maximum Gasteiger partial charge on any atom is 0.187 e. The summed E-state index contributed by atoms with van der Waals surface area (Å²) >= 11 is 0. The SMILES string of the molecule is OCC(O)C(O)C(OC1OC(COC2OCC(O)C(O)C2O)C(OC2OC(COC3OCC(O)C(O)C3OC3OC(CO)C(O)C3O)C(O)C(O)C2O)C(O)C1O)C(O)CO. The highest BCUT2D eigenvalue weighted by molar-refractivity contribution is 4.97. The molecule has 28 heteroatoms. The van der Waals surface area contributed by atoms with Gasteiger partial charge >= 0.3 is 0 Å². The Kier molecular flexibility index (Phi) is 18.7. The van der Waals surface area contributed by atoms with E-state index in [0.717, 1.165) is 0 Å². The average molecular weight is 903 g/mol. The van der Waals surface area contributed by atoms with E-state index in [1.54, 1.807) is 0 Å². The lowest BCUT2D eigenvalue weighted by Gasteiger charge is -2.47. The van der Waals surface area contributed by atoms with Crippen molar-refractivity contribution in [3.8, 4) is 0 Å². The van der Waals surface area contributed by atoms with Gasteiger partial charge in [-0.1, -0.05) is 0 Å². The molecule has 0 amide bonds. The molecule has 5 saturated heterocycles. The van der Waals surface area contributed by atoms with E-state index in [-0.39, 0.29) is 0 Å². The molecule has 0 aliphatic carbocycles. The largest absolute Gasteiger partial charge is 0.394 e. The second-order valence-corrected chi connectivity index (χ2v) is 15.2. The molecule has 5 heterocycles. The summed E-state index contributed by atoms with van der Waals surface area (Å²) in [5, 5.41) is 186. The first-order chi connectivity index (χ1) is 28.8. The second-order valence-electron chi connectivity index (χ2n) is 15.2. The summed E-state index contributed by atoms with van der Waals surface area (Å²) in [5.74, 6) is 0. The fourth-order valence-electron chi connectivity index (χ4n) is 7.12. The molecule has 61 heavy (non-hydrogen) atoms. The first kappa shape index (κ1) is 50.9. The first-order valence-corrected chi connectivity index (χ1v) is 19.3. The van der Waals surface area contributed by atoms with Crippen LogP contribution >= 0.6 is 0 Å². The third kappa shape index (κ3) is 11.5. The lowest BCUT2D eigenvalue weighted by molar-refractivity contribution is -0.376. The standard InChI is InChI=1S/C33H58O28/c34-1-8(37)16(42)26(9(38)2-35)59-32-25(51)21(47)27(14(58-32)7-54-29-22(48)15(41)10(39)4-52-29)60-31-24(50)20(46)19(45)13(57-31)6-55-33-28(17(43)11(40)5-53-33)61-30-23(49)18(44)12(3-36)56-30/h8-51H,1-7H2. The molecule has 5 aliphatic rings. The van der Waals surface area contributed by atoms with Crippen LogP contribution in [0.15, 0.2) is 0 Å². The summed E-state index contributed by atoms with van der Waals surface area (Å²) in [6, 6.07) is 0. The maximum atomic E-state index is 11.4. The molecule has 0 spiro atoms. The van der Waals surface area contributed by atoms with Gasteiger partial charge in [0.2, 0.25) is 0 Å². The van der Waals surface area contributed by atoms with Gasteiger partial charge in [0.1, 0.15) is 128 Å². The maximum absolute atomic E-state index is 11.4. The van der Waals surface area contributed by atoms with Gasteiger partial charge in [-0.15, -0.1) is 0 Å². The van der Waals surface area contributed by atoms with E-state index in [1.165, 1.54) is 0 Å². The minimum Gasteiger partial charge on any atom is -0.394 e. The van der Waals surface area contributed by atoms with Gasteiger partial charge in [-0.2, -0.15) is 0 Å². The molecule has 0 aromatic heterocycles. The Hall–Kier alpha value is -1.12. The van der Waals surface area contributed by atoms with E-state index < -0.39 is 206 Å². The van der Waals surface area contributed by atoms with Crippen LogP contribution in [0.4, 0.5) is 0 Å². The third-order valence-electron chi connectivity index (χ3n) is 10.9. The van der Waals surface area contributed by atoms with Crippen molar-refractivity contribution in [2.24, 2.45) is 0 Å². The number of aliphatic hydroxyl groups is 18. The molecular weight excluding hydrogens is 844 g/mol. The van der Waals surface area contributed by atoms with Gasteiger partial charge in [-0.3, -0.25) is 0 Å². The van der Waals surface area contributed by atoms with Crippen molar-refractivity contribution in [3.63, 3.8) is 0 Å². The van der Waals surface area contributed by atoms with Gasteiger partial charge in [-0.25, -0.2) is 0 Å². The lowest BCUT2D eigenvalue weighted by Crippen LogP contribution is -2.66. The minimum absolute atomic E-state index is 0.513. The Balaban J connectivity index is 1.32. The molecule has 26 atom stereocenters. The average Bonchev–Trinajstić information content (AvgIpc) is 3.52. The highest BCUT2D eigenvalue weighted by Crippen LogP contribution is 2.33. The van der Waals surface area contributed by atoms with Crippen LogP contribution < -0.4 is 0 Å². The highest BCUT2D eigenvalue weighted by atomic mass is 16.8. The number of aliphatic hydroxyl groups excluding tert-OH is 18. The summed E-state index contributed by atoms with van der Waals surface area (Å²) in [6.07, 6.45) is -47.7. The molecule has 26 unspecified atom stereocenters. The van der Waals surface area contributed by atoms with Crippen molar-refractivity contribution < 1.29 is 139 Å². The van der Waals surface area contributed by atoms with E-state index in [1.807, 2.05) is 0 Å². The molecule has 0 radical (unpaired) electrons. The molecule has 5 aliphatic heterocycles. The van der Waals surface area contributed by atoms with Crippen molar-refractivity contribution in [2.45, 2.75) is 160 Å². The predicted molar refractivity (Wildman–Crippen MR) is 183 cm³/mol. The molecule has 5 fully saturated rings. The molecule has 0 saturated carbocycles. The fourth-order valence-corrected chi connectivity index (χ4v) is 7.12. The topological polar surface area (TPSA) is 456 Å². The monoisotopic (exact) mass is 902 g/mol. The van der Waals surface area contributed by atoms with Crippen LogP contribution in [-0.4, -0.2) is 298 Å². The third-order valence-corrected chi connectivity index (χ3v) is 10.9. The van der Waals surface area contributed by atoms with E-state index in [4.69, 9.17) is 47.4 Å². The van der Waals surface area contributed by atoms with Crippen LogP contribution in [0.25, 0.3) is 0 Å². The Morgan fingerprint density at radius 3 is 1.52 bits per heavy atom. The van der Waals surface area contributed by atoms with E-state index >= 15 is 0 Å². The van der Waals surface area contributed by atoms with Gasteiger partial charge in [0.25, 0.3) is 0 Å². The molecule has 5 rings (SSSR count). The Labute approximate surface area is 345 Å². The zero-order valence-electron chi connectivity index (χ0n) is 32.1. The second kappa shape index (κ2) is 22.4. The zero-order valence-corrected chi connectivity index (χ0v) is 32.1. The van der Waals surface area contributed by atoms with E-state index in [0.29, 0.717) is 0 Å². The van der Waals surface area contributed by atoms with Crippen molar-refractivity contribution in [1.29, 1.82) is 0 Å². The quantitative estimate of drug-likeness (QED) is 0.0607.